The van der Waals surface area contributed by atoms with Gasteiger partial charge in [0.2, 0.25) is 11.7 Å². The lowest BCUT2D eigenvalue weighted by Crippen LogP contribution is -2.46. The summed E-state index contributed by atoms with van der Waals surface area (Å²) >= 11 is 0. The lowest BCUT2D eigenvalue weighted by Gasteiger charge is -2.33. The van der Waals surface area contributed by atoms with E-state index >= 15 is 0 Å². The molecule has 0 unspecified atom stereocenters. The monoisotopic (exact) mass is 606 g/mol. The zero-order valence-electron chi connectivity index (χ0n) is 24.3. The van der Waals surface area contributed by atoms with E-state index in [0.717, 1.165) is 4.57 Å². The zero-order chi connectivity index (χ0) is 30.9. The minimum Gasteiger partial charge on any atom is -0.382 e. The summed E-state index contributed by atoms with van der Waals surface area (Å²) in [7, 11) is 3.42. The van der Waals surface area contributed by atoms with E-state index in [1.165, 1.54) is 6.07 Å². The third-order valence-electron chi connectivity index (χ3n) is 7.41. The quantitative estimate of drug-likeness (QED) is 0.258. The predicted molar refractivity (Wildman–Crippen MR) is 150 cm³/mol. The normalized spacial score (nSPS) is 18.3. The van der Waals surface area contributed by atoms with Crippen molar-refractivity contribution in [1.29, 1.82) is 0 Å². The molecular formula is C28H34F4N8O3. The van der Waals surface area contributed by atoms with E-state index in [1.54, 1.807) is 42.3 Å². The Morgan fingerprint density at radius 2 is 2.02 bits per heavy atom. The summed E-state index contributed by atoms with van der Waals surface area (Å²) in [5, 5.41) is 14.5. The summed E-state index contributed by atoms with van der Waals surface area (Å²) in [5.41, 5.74) is 0.560. The highest BCUT2D eigenvalue weighted by atomic mass is 19.4. The lowest BCUT2D eigenvalue weighted by molar-refractivity contribution is -0.139. The summed E-state index contributed by atoms with van der Waals surface area (Å²) in [6, 6.07) is 7.51. The van der Waals surface area contributed by atoms with Crippen molar-refractivity contribution in [2.45, 2.75) is 57.3 Å². The van der Waals surface area contributed by atoms with Crippen LogP contribution in [0.4, 0.5) is 23.2 Å². The summed E-state index contributed by atoms with van der Waals surface area (Å²) in [6.45, 7) is 3.72. The second kappa shape index (κ2) is 12.0. The second-order valence-corrected chi connectivity index (χ2v) is 11.4. The van der Waals surface area contributed by atoms with Crippen molar-refractivity contribution < 1.29 is 31.6 Å². The van der Waals surface area contributed by atoms with Crippen molar-refractivity contribution in [2.75, 3.05) is 39.2 Å². The average Bonchev–Trinajstić information content (AvgIpc) is 3.68. The van der Waals surface area contributed by atoms with Crippen LogP contribution in [0.1, 0.15) is 36.6 Å². The first kappa shape index (κ1) is 30.5. The molecule has 2 N–H and O–H groups in total. The Balaban J connectivity index is 1.37. The third kappa shape index (κ3) is 6.82. The van der Waals surface area contributed by atoms with Crippen LogP contribution < -0.4 is 10.6 Å². The number of aromatic nitrogens is 5. The van der Waals surface area contributed by atoms with Crippen molar-refractivity contribution >= 4 is 22.5 Å². The molecule has 0 bridgehead atoms. The topological polar surface area (TPSA) is 115 Å². The number of nitrogens with zero attached hydrogens (tertiary/aromatic N) is 6. The number of ether oxygens (including phenoxy) is 1. The van der Waals surface area contributed by atoms with Gasteiger partial charge in [-0.05, 0) is 51.6 Å². The van der Waals surface area contributed by atoms with Crippen molar-refractivity contribution in [3.8, 4) is 11.5 Å². The molecule has 1 saturated heterocycles. The first-order valence-electron chi connectivity index (χ1n) is 13.8. The molecule has 4 aromatic rings. The molecule has 0 aliphatic carbocycles. The predicted octanol–water partition coefficient (Wildman–Crippen LogP) is 4.22. The van der Waals surface area contributed by atoms with Crippen molar-refractivity contribution in [3.63, 3.8) is 0 Å². The van der Waals surface area contributed by atoms with Gasteiger partial charge < -0.3 is 29.4 Å². The van der Waals surface area contributed by atoms with Crippen LogP contribution in [0, 0.1) is 0 Å². The Bertz CT molecular complexity index is 1580. The first-order chi connectivity index (χ1) is 20.3. The third-order valence-corrected chi connectivity index (χ3v) is 7.41. The van der Waals surface area contributed by atoms with E-state index in [4.69, 9.17) is 9.26 Å². The minimum absolute atomic E-state index is 0.00347. The van der Waals surface area contributed by atoms with Gasteiger partial charge in [-0.1, -0.05) is 11.2 Å². The fourth-order valence-corrected chi connectivity index (χ4v) is 5.24. The fourth-order valence-electron chi connectivity index (χ4n) is 5.24. The lowest BCUT2D eigenvalue weighted by atomic mass is 10.0. The van der Waals surface area contributed by atoms with Gasteiger partial charge >= 0.3 is 6.18 Å². The van der Waals surface area contributed by atoms with Gasteiger partial charge in [-0.25, -0.2) is 4.39 Å². The number of piperidine rings is 1. The van der Waals surface area contributed by atoms with Crippen molar-refractivity contribution in [1.82, 2.24) is 34.7 Å². The largest absolute Gasteiger partial charge is 0.406 e. The maximum Gasteiger partial charge on any atom is 0.406 e. The molecular weight excluding hydrogens is 572 g/mol. The SMILES string of the molecule is COCC(C)(C)n1ccc(C(=O)NCc2nc(-c3cc4c(N[C@@H]5CCN(C)C[C@@H]5F)cccc4n3CC(F)(F)F)no2)n1. The Morgan fingerprint density at radius 1 is 1.23 bits per heavy atom. The number of methoxy groups -OCH3 is 1. The van der Waals surface area contributed by atoms with E-state index < -0.39 is 36.4 Å². The highest BCUT2D eigenvalue weighted by molar-refractivity contribution is 5.96. The molecule has 232 valence electrons. The molecule has 3 aromatic heterocycles. The number of benzene rings is 1. The van der Waals surface area contributed by atoms with Gasteiger partial charge in [0.25, 0.3) is 5.91 Å². The standard InChI is InChI=1S/C28H34F4N8O3/c1-27(2,16-42-4)40-11-9-21(36-40)26(41)33-13-24-35-25(37-43-24)23-12-17-19(34-20-8-10-38(3)14-18(20)29)6-5-7-22(17)39(23)15-28(30,31)32/h5-7,9,11-12,18,20,34H,8,10,13-16H2,1-4H3,(H,33,41)/t18-,20+/m0/s1. The van der Waals surface area contributed by atoms with E-state index in [0.29, 0.717) is 30.6 Å². The average molecular weight is 607 g/mol. The number of alkyl halides is 4. The van der Waals surface area contributed by atoms with Crippen LogP contribution in [0.25, 0.3) is 22.4 Å². The Kier molecular flexibility index (Phi) is 8.47. The first-order valence-corrected chi connectivity index (χ1v) is 13.8. The molecule has 4 heterocycles. The highest BCUT2D eigenvalue weighted by Crippen LogP contribution is 2.35. The van der Waals surface area contributed by atoms with Gasteiger partial charge in [0.05, 0.1) is 35.9 Å². The number of likely N-dealkylation sites (tertiary alicyclic amines) is 1. The van der Waals surface area contributed by atoms with Gasteiger partial charge in [-0.3, -0.25) is 9.48 Å². The molecule has 1 fully saturated rings. The zero-order valence-corrected chi connectivity index (χ0v) is 24.3. The summed E-state index contributed by atoms with van der Waals surface area (Å²) in [6.07, 6.45) is -3.45. The van der Waals surface area contributed by atoms with E-state index in [2.05, 4.69) is 25.9 Å². The number of carbonyl (C=O) groups is 1. The van der Waals surface area contributed by atoms with Crippen molar-refractivity contribution in [2.24, 2.45) is 0 Å². The number of anilines is 1. The Labute approximate surface area is 245 Å². The van der Waals surface area contributed by atoms with E-state index in [9.17, 15) is 22.4 Å². The van der Waals surface area contributed by atoms with Crippen LogP contribution in [0.5, 0.6) is 0 Å². The van der Waals surface area contributed by atoms with Crippen molar-refractivity contribution in [3.05, 3.63) is 48.1 Å². The number of carbonyl (C=O) groups excluding carboxylic acids is 1. The minimum atomic E-state index is -4.54. The van der Waals surface area contributed by atoms with E-state index in [1.807, 2.05) is 25.8 Å². The second-order valence-electron chi connectivity index (χ2n) is 11.4. The number of amides is 1. The maximum atomic E-state index is 14.8. The molecule has 2 atom stereocenters. The maximum absolute atomic E-state index is 14.8. The van der Waals surface area contributed by atoms with Crippen LogP contribution in [-0.2, 0) is 23.4 Å². The molecule has 5 rings (SSSR count). The van der Waals surface area contributed by atoms with E-state index in [-0.39, 0.29) is 41.7 Å². The molecule has 0 saturated carbocycles. The molecule has 0 spiro atoms. The molecule has 43 heavy (non-hydrogen) atoms. The number of rotatable bonds is 10. The molecule has 11 nitrogen and oxygen atoms in total. The number of hydrogen-bond acceptors (Lipinski definition) is 8. The Morgan fingerprint density at radius 3 is 2.74 bits per heavy atom. The number of hydrogen-bond donors (Lipinski definition) is 2. The van der Waals surface area contributed by atoms with Gasteiger partial charge in [0.1, 0.15) is 18.4 Å². The molecule has 1 aliphatic heterocycles. The molecule has 1 aliphatic rings. The van der Waals surface area contributed by atoms with Gasteiger partial charge in [-0.2, -0.15) is 23.3 Å². The summed E-state index contributed by atoms with van der Waals surface area (Å²) < 4.78 is 69.0. The number of halogens is 4. The molecule has 0 radical (unpaired) electrons. The fraction of sp³-hybridized carbons (Fsp3) is 0.500. The smallest absolute Gasteiger partial charge is 0.382 e. The summed E-state index contributed by atoms with van der Waals surface area (Å²) in [4.78, 5) is 18.8. The number of nitrogens with one attached hydrogen (secondary N) is 2. The van der Waals surface area contributed by atoms with Crippen LogP contribution in [0.15, 0.2) is 41.1 Å². The van der Waals surface area contributed by atoms with Gasteiger partial charge in [-0.15, -0.1) is 0 Å². The van der Waals surface area contributed by atoms with Gasteiger partial charge in [0.15, 0.2) is 0 Å². The molecule has 1 aromatic carbocycles. The number of fused-ring (bicyclic) bond motifs is 1. The highest BCUT2D eigenvalue weighted by Gasteiger charge is 2.32. The van der Waals surface area contributed by atoms with Crippen LogP contribution in [-0.4, -0.2) is 87.5 Å². The molecule has 15 heteroatoms. The van der Waals surface area contributed by atoms with Crippen LogP contribution in [0.2, 0.25) is 0 Å². The summed E-state index contributed by atoms with van der Waals surface area (Å²) in [5.74, 6) is -0.575. The molecule has 1 amide bonds. The van der Waals surface area contributed by atoms with Crippen LogP contribution >= 0.6 is 0 Å². The Hall–Kier alpha value is -3.98. The van der Waals surface area contributed by atoms with Gasteiger partial charge in [0, 0.05) is 37.5 Å². The van der Waals surface area contributed by atoms with Crippen LogP contribution in [0.3, 0.4) is 0 Å².